The highest BCUT2D eigenvalue weighted by Gasteiger charge is 2.28. The second-order valence-electron chi connectivity index (χ2n) is 6.20. The summed E-state index contributed by atoms with van der Waals surface area (Å²) < 4.78 is 10.7. The minimum Gasteiger partial charge on any atom is -0.493 e. The molecular weight excluding hydrogens is 360 g/mol. The van der Waals surface area contributed by atoms with Crippen LogP contribution in [0.2, 0.25) is 0 Å². The molecule has 2 aromatic rings. The molecule has 2 aromatic carbocycles. The maximum Gasteiger partial charge on any atom is 0.344 e. The van der Waals surface area contributed by atoms with Gasteiger partial charge in [-0.15, -0.1) is 0 Å². The highest BCUT2D eigenvalue weighted by Crippen LogP contribution is 2.31. The van der Waals surface area contributed by atoms with Crippen LogP contribution in [-0.2, 0) is 9.59 Å². The average Bonchev–Trinajstić information content (AvgIpc) is 2.97. The monoisotopic (exact) mass is 380 g/mol. The van der Waals surface area contributed by atoms with Gasteiger partial charge in [0.2, 0.25) is 0 Å². The lowest BCUT2D eigenvalue weighted by molar-refractivity contribution is -0.144. The van der Waals surface area contributed by atoms with Crippen LogP contribution in [0.4, 0.5) is 5.69 Å². The van der Waals surface area contributed by atoms with Gasteiger partial charge in [-0.3, -0.25) is 4.79 Å². The summed E-state index contributed by atoms with van der Waals surface area (Å²) in [6.45, 7) is 3.21. The van der Waals surface area contributed by atoms with Crippen LogP contribution in [0.3, 0.4) is 0 Å². The first-order chi connectivity index (χ1) is 13.4. The molecule has 0 unspecified atom stereocenters. The molecule has 0 aliphatic carbocycles. The maximum absolute atomic E-state index is 12.8. The third kappa shape index (κ3) is 3.88. The van der Waals surface area contributed by atoms with E-state index in [0.29, 0.717) is 34.0 Å². The first-order valence-corrected chi connectivity index (χ1v) is 8.65. The largest absolute Gasteiger partial charge is 0.493 e. The number of aliphatic carboxylic acids is 1. The number of amides is 1. The van der Waals surface area contributed by atoms with Gasteiger partial charge in [-0.25, -0.2) is 4.79 Å². The SMILES string of the molecule is COc1cc(/C=C2/C(=O)N(c3ccccc3)N=C2C)ccc1O[C@H](C)C(=O)O. The molecule has 1 amide bonds. The van der Waals surface area contributed by atoms with Crippen molar-refractivity contribution in [2.24, 2.45) is 5.10 Å². The Morgan fingerprint density at radius 1 is 1.18 bits per heavy atom. The third-order valence-electron chi connectivity index (χ3n) is 4.21. The van der Waals surface area contributed by atoms with Gasteiger partial charge in [0.05, 0.1) is 24.1 Å². The fraction of sp³-hybridized carbons (Fsp3) is 0.190. The molecule has 7 heteroatoms. The summed E-state index contributed by atoms with van der Waals surface area (Å²) in [6.07, 6.45) is 0.708. The van der Waals surface area contributed by atoms with Crippen molar-refractivity contribution in [2.75, 3.05) is 12.1 Å². The van der Waals surface area contributed by atoms with Gasteiger partial charge in [-0.1, -0.05) is 24.3 Å². The van der Waals surface area contributed by atoms with Crippen molar-refractivity contribution in [3.63, 3.8) is 0 Å². The highest BCUT2D eigenvalue weighted by atomic mass is 16.5. The predicted molar refractivity (Wildman–Crippen MR) is 106 cm³/mol. The minimum atomic E-state index is -1.07. The normalized spacial score (nSPS) is 16.1. The van der Waals surface area contributed by atoms with Crippen LogP contribution < -0.4 is 14.5 Å². The molecule has 1 N–H and O–H groups in total. The Labute approximate surface area is 162 Å². The molecular formula is C21H20N2O5. The van der Waals surface area contributed by atoms with Gasteiger partial charge in [-0.2, -0.15) is 10.1 Å². The van der Waals surface area contributed by atoms with Crippen molar-refractivity contribution in [2.45, 2.75) is 20.0 Å². The molecule has 1 aliphatic rings. The molecule has 3 rings (SSSR count). The second kappa shape index (κ2) is 7.96. The van der Waals surface area contributed by atoms with E-state index in [1.807, 2.05) is 30.3 Å². The number of hydrogen-bond donors (Lipinski definition) is 1. The van der Waals surface area contributed by atoms with E-state index < -0.39 is 12.1 Å². The maximum atomic E-state index is 12.8. The number of anilines is 1. The van der Waals surface area contributed by atoms with Crippen LogP contribution in [0.1, 0.15) is 19.4 Å². The second-order valence-corrected chi connectivity index (χ2v) is 6.20. The van der Waals surface area contributed by atoms with Gasteiger partial charge >= 0.3 is 5.97 Å². The number of para-hydroxylation sites is 1. The van der Waals surface area contributed by atoms with Crippen molar-refractivity contribution in [3.8, 4) is 11.5 Å². The molecule has 7 nitrogen and oxygen atoms in total. The molecule has 28 heavy (non-hydrogen) atoms. The van der Waals surface area contributed by atoms with E-state index in [2.05, 4.69) is 5.10 Å². The van der Waals surface area contributed by atoms with Gasteiger partial charge in [0.25, 0.3) is 5.91 Å². The first kappa shape index (κ1) is 19.2. The standard InChI is InChI=1S/C21H20N2O5/c1-13-17(20(24)23(22-13)16-7-5-4-6-8-16)11-15-9-10-18(19(12-15)27-3)28-14(2)21(25)26/h4-12,14H,1-3H3,(H,25,26)/b17-11+/t14-/m1/s1. The molecule has 144 valence electrons. The van der Waals surface area contributed by atoms with Crippen molar-refractivity contribution in [3.05, 3.63) is 59.7 Å². The molecule has 1 atom stereocenters. The lowest BCUT2D eigenvalue weighted by Crippen LogP contribution is -2.23. The zero-order valence-corrected chi connectivity index (χ0v) is 15.7. The number of ether oxygens (including phenoxy) is 2. The quantitative estimate of drug-likeness (QED) is 0.777. The number of carbonyl (C=O) groups excluding carboxylic acids is 1. The molecule has 1 aliphatic heterocycles. The fourth-order valence-corrected chi connectivity index (χ4v) is 2.71. The zero-order chi connectivity index (χ0) is 20.3. The summed E-state index contributed by atoms with van der Waals surface area (Å²) in [5.41, 5.74) is 2.48. The van der Waals surface area contributed by atoms with Crippen LogP contribution in [0, 0.1) is 0 Å². The summed E-state index contributed by atoms with van der Waals surface area (Å²) in [5, 5.41) is 14.7. The lowest BCUT2D eigenvalue weighted by atomic mass is 10.1. The Morgan fingerprint density at radius 2 is 1.89 bits per heavy atom. The molecule has 0 saturated carbocycles. The van der Waals surface area contributed by atoms with E-state index in [4.69, 9.17) is 14.6 Å². The smallest absolute Gasteiger partial charge is 0.344 e. The predicted octanol–water partition coefficient (Wildman–Crippen LogP) is 3.35. The molecule has 1 heterocycles. The van der Waals surface area contributed by atoms with E-state index in [-0.39, 0.29) is 5.91 Å². The van der Waals surface area contributed by atoms with Gasteiger partial charge in [0.1, 0.15) is 0 Å². The third-order valence-corrected chi connectivity index (χ3v) is 4.21. The molecule has 0 fully saturated rings. The van der Waals surface area contributed by atoms with E-state index in [9.17, 15) is 9.59 Å². The van der Waals surface area contributed by atoms with Gasteiger partial charge in [0.15, 0.2) is 17.6 Å². The molecule has 0 saturated heterocycles. The average molecular weight is 380 g/mol. The lowest BCUT2D eigenvalue weighted by Gasteiger charge is -2.14. The highest BCUT2D eigenvalue weighted by molar-refractivity contribution is 6.32. The Morgan fingerprint density at radius 3 is 2.54 bits per heavy atom. The number of hydrogen-bond acceptors (Lipinski definition) is 5. The molecule has 0 bridgehead atoms. The number of carboxylic acids is 1. The summed E-state index contributed by atoms with van der Waals surface area (Å²) in [4.78, 5) is 23.8. The number of carbonyl (C=O) groups is 2. The summed E-state index contributed by atoms with van der Waals surface area (Å²) in [7, 11) is 1.47. The Balaban J connectivity index is 1.88. The van der Waals surface area contributed by atoms with Crippen LogP contribution in [0.5, 0.6) is 11.5 Å². The molecule has 0 spiro atoms. The van der Waals surface area contributed by atoms with Crippen molar-refractivity contribution < 1.29 is 24.2 Å². The summed E-state index contributed by atoms with van der Waals surface area (Å²) in [5.74, 6) is -0.601. The van der Waals surface area contributed by atoms with Crippen LogP contribution in [0.25, 0.3) is 6.08 Å². The van der Waals surface area contributed by atoms with E-state index in [1.165, 1.54) is 19.0 Å². The van der Waals surface area contributed by atoms with Crippen molar-refractivity contribution >= 4 is 29.4 Å². The van der Waals surface area contributed by atoms with Crippen LogP contribution >= 0.6 is 0 Å². The van der Waals surface area contributed by atoms with Gasteiger partial charge in [-0.05, 0) is 49.8 Å². The van der Waals surface area contributed by atoms with E-state index in [0.717, 1.165) is 0 Å². The number of nitrogens with zero attached hydrogens (tertiary/aromatic N) is 2. The summed E-state index contributed by atoms with van der Waals surface area (Å²) >= 11 is 0. The van der Waals surface area contributed by atoms with Gasteiger partial charge in [0, 0.05) is 0 Å². The number of benzene rings is 2. The van der Waals surface area contributed by atoms with Gasteiger partial charge < -0.3 is 14.6 Å². The number of carboxylic acid groups (broad SMARTS) is 1. The van der Waals surface area contributed by atoms with Crippen molar-refractivity contribution in [1.82, 2.24) is 0 Å². The minimum absolute atomic E-state index is 0.220. The number of rotatable bonds is 6. The van der Waals surface area contributed by atoms with E-state index in [1.54, 1.807) is 31.2 Å². The Bertz CT molecular complexity index is 966. The van der Waals surface area contributed by atoms with Crippen molar-refractivity contribution in [1.29, 1.82) is 0 Å². The zero-order valence-electron chi connectivity index (χ0n) is 15.7. The Hall–Kier alpha value is -3.61. The summed E-state index contributed by atoms with van der Waals surface area (Å²) in [6, 6.07) is 14.2. The molecule has 0 radical (unpaired) electrons. The molecule has 0 aromatic heterocycles. The van der Waals surface area contributed by atoms with E-state index >= 15 is 0 Å². The number of hydrazone groups is 1. The Kier molecular flexibility index (Phi) is 5.44. The van der Waals surface area contributed by atoms with Crippen LogP contribution in [-0.4, -0.2) is 35.9 Å². The first-order valence-electron chi connectivity index (χ1n) is 8.65. The van der Waals surface area contributed by atoms with Crippen LogP contribution in [0.15, 0.2) is 59.2 Å². The number of methoxy groups -OCH3 is 1. The fourth-order valence-electron chi connectivity index (χ4n) is 2.71. The topological polar surface area (TPSA) is 88.4 Å².